The van der Waals surface area contributed by atoms with Crippen molar-refractivity contribution >= 4 is 11.9 Å². The highest BCUT2D eigenvalue weighted by Crippen LogP contribution is 2.17. The highest BCUT2D eigenvalue weighted by molar-refractivity contribution is 5.84. The summed E-state index contributed by atoms with van der Waals surface area (Å²) in [4.78, 5) is 23.5. The molecule has 2 rings (SSSR count). The van der Waals surface area contributed by atoms with Crippen LogP contribution in [0.15, 0.2) is 60.7 Å². The summed E-state index contributed by atoms with van der Waals surface area (Å²) in [6.45, 7) is 1.79. The Kier molecular flexibility index (Phi) is 5.72. The molecule has 1 atom stereocenters. The third kappa shape index (κ3) is 4.74. The second-order valence-corrected chi connectivity index (χ2v) is 4.93. The fourth-order valence-corrected chi connectivity index (χ4v) is 2.13. The molecule has 0 aliphatic carbocycles. The number of carbonyl (C=O) groups excluding carboxylic acids is 2. The summed E-state index contributed by atoms with van der Waals surface area (Å²) >= 11 is 0. The van der Waals surface area contributed by atoms with Crippen LogP contribution >= 0.6 is 0 Å². The molecule has 4 heteroatoms. The van der Waals surface area contributed by atoms with Gasteiger partial charge in [0.1, 0.15) is 0 Å². The molecule has 22 heavy (non-hydrogen) atoms. The molecule has 0 aromatic heterocycles. The predicted molar refractivity (Wildman–Crippen MR) is 84.1 cm³/mol. The topological polar surface area (TPSA) is 55.4 Å². The largest absolute Gasteiger partial charge is 0.447 e. The lowest BCUT2D eigenvalue weighted by atomic mass is 10.1. The van der Waals surface area contributed by atoms with Gasteiger partial charge in [-0.05, 0) is 12.0 Å². The maximum atomic E-state index is 12.3. The van der Waals surface area contributed by atoms with Crippen molar-refractivity contribution in [2.24, 2.45) is 0 Å². The van der Waals surface area contributed by atoms with Gasteiger partial charge in [0.25, 0.3) is 5.91 Å². The second-order valence-electron chi connectivity index (χ2n) is 4.93. The molecule has 0 fully saturated rings. The van der Waals surface area contributed by atoms with E-state index in [1.807, 2.05) is 48.5 Å². The van der Waals surface area contributed by atoms with Gasteiger partial charge in [0, 0.05) is 19.0 Å². The molecule has 0 saturated carbocycles. The first-order valence-electron chi connectivity index (χ1n) is 7.20. The van der Waals surface area contributed by atoms with Gasteiger partial charge in [0.15, 0.2) is 0 Å². The van der Waals surface area contributed by atoms with Crippen molar-refractivity contribution in [2.75, 3.05) is 6.54 Å². The van der Waals surface area contributed by atoms with Crippen LogP contribution in [0.2, 0.25) is 0 Å². The van der Waals surface area contributed by atoms with Crippen LogP contribution in [0.25, 0.3) is 0 Å². The standard InChI is InChI=1S/C18H19NO3/c1-14(20)22-17(16-10-6-3-7-11-16)18(21)19-13-12-15-8-4-2-5-9-15/h2-11,17H,12-13H2,1H3,(H,19,21). The summed E-state index contributed by atoms with van der Waals surface area (Å²) in [5.41, 5.74) is 1.81. The van der Waals surface area contributed by atoms with Crippen LogP contribution in [0, 0.1) is 0 Å². The number of ether oxygens (including phenoxy) is 1. The number of rotatable bonds is 6. The average Bonchev–Trinajstić information content (AvgIpc) is 2.54. The van der Waals surface area contributed by atoms with Crippen molar-refractivity contribution in [3.05, 3.63) is 71.8 Å². The Morgan fingerprint density at radius 1 is 1.00 bits per heavy atom. The summed E-state index contributed by atoms with van der Waals surface area (Å²) in [7, 11) is 0. The van der Waals surface area contributed by atoms with E-state index in [0.717, 1.165) is 12.0 Å². The van der Waals surface area contributed by atoms with Crippen LogP contribution in [0.1, 0.15) is 24.2 Å². The first-order valence-corrected chi connectivity index (χ1v) is 7.20. The molecule has 1 unspecified atom stereocenters. The SMILES string of the molecule is CC(=O)OC(C(=O)NCCc1ccccc1)c1ccccc1. The second kappa shape index (κ2) is 7.98. The Balaban J connectivity index is 1.96. The maximum absolute atomic E-state index is 12.3. The molecule has 0 spiro atoms. The van der Waals surface area contributed by atoms with E-state index in [4.69, 9.17) is 4.74 Å². The summed E-state index contributed by atoms with van der Waals surface area (Å²) in [5, 5.41) is 2.82. The van der Waals surface area contributed by atoms with Crippen molar-refractivity contribution < 1.29 is 14.3 Å². The first kappa shape index (κ1) is 15.8. The van der Waals surface area contributed by atoms with Gasteiger partial charge in [-0.2, -0.15) is 0 Å². The number of nitrogens with one attached hydrogen (secondary N) is 1. The van der Waals surface area contributed by atoms with Crippen molar-refractivity contribution in [1.82, 2.24) is 5.32 Å². The Labute approximate surface area is 130 Å². The van der Waals surface area contributed by atoms with Crippen molar-refractivity contribution in [3.63, 3.8) is 0 Å². The third-order valence-corrected chi connectivity index (χ3v) is 3.18. The molecule has 2 aromatic rings. The van der Waals surface area contributed by atoms with Gasteiger partial charge in [-0.15, -0.1) is 0 Å². The molecule has 4 nitrogen and oxygen atoms in total. The van der Waals surface area contributed by atoms with Crippen LogP contribution < -0.4 is 5.32 Å². The predicted octanol–water partition coefficient (Wildman–Crippen LogP) is 2.65. The molecule has 0 bridgehead atoms. The first-order chi connectivity index (χ1) is 10.7. The fourth-order valence-electron chi connectivity index (χ4n) is 2.13. The van der Waals surface area contributed by atoms with E-state index in [-0.39, 0.29) is 5.91 Å². The van der Waals surface area contributed by atoms with Gasteiger partial charge in [-0.25, -0.2) is 0 Å². The third-order valence-electron chi connectivity index (χ3n) is 3.18. The van der Waals surface area contributed by atoms with Crippen LogP contribution in [0.3, 0.4) is 0 Å². The average molecular weight is 297 g/mol. The lowest BCUT2D eigenvalue weighted by molar-refractivity contribution is -0.154. The van der Waals surface area contributed by atoms with Gasteiger partial charge in [0.05, 0.1) is 0 Å². The van der Waals surface area contributed by atoms with Gasteiger partial charge in [-0.3, -0.25) is 9.59 Å². The minimum atomic E-state index is -0.908. The number of hydrogen-bond donors (Lipinski definition) is 1. The molecule has 0 radical (unpaired) electrons. The molecule has 0 aliphatic rings. The van der Waals surface area contributed by atoms with Gasteiger partial charge >= 0.3 is 5.97 Å². The minimum absolute atomic E-state index is 0.308. The zero-order valence-electron chi connectivity index (χ0n) is 12.5. The Morgan fingerprint density at radius 3 is 2.18 bits per heavy atom. The van der Waals surface area contributed by atoms with E-state index in [0.29, 0.717) is 12.1 Å². The van der Waals surface area contributed by atoms with Crippen LogP contribution in [0.5, 0.6) is 0 Å². The molecular weight excluding hydrogens is 278 g/mol. The number of esters is 1. The molecular formula is C18H19NO3. The summed E-state index contributed by atoms with van der Waals surface area (Å²) in [5.74, 6) is -0.788. The molecule has 0 aliphatic heterocycles. The van der Waals surface area contributed by atoms with E-state index in [2.05, 4.69) is 5.32 Å². The molecule has 1 N–H and O–H groups in total. The number of hydrogen-bond acceptors (Lipinski definition) is 3. The van der Waals surface area contributed by atoms with Crippen molar-refractivity contribution in [2.45, 2.75) is 19.4 Å². The van der Waals surface area contributed by atoms with Gasteiger partial charge < -0.3 is 10.1 Å². The smallest absolute Gasteiger partial charge is 0.303 e. The molecule has 1 amide bonds. The number of amides is 1. The minimum Gasteiger partial charge on any atom is -0.447 e. The lowest BCUT2D eigenvalue weighted by Crippen LogP contribution is -2.33. The van der Waals surface area contributed by atoms with Gasteiger partial charge in [-0.1, -0.05) is 60.7 Å². The summed E-state index contributed by atoms with van der Waals surface area (Å²) < 4.78 is 5.15. The van der Waals surface area contributed by atoms with Crippen molar-refractivity contribution in [1.29, 1.82) is 0 Å². The molecule has 2 aromatic carbocycles. The van der Waals surface area contributed by atoms with Crippen molar-refractivity contribution in [3.8, 4) is 0 Å². The van der Waals surface area contributed by atoms with E-state index < -0.39 is 12.1 Å². The normalized spacial score (nSPS) is 11.5. The lowest BCUT2D eigenvalue weighted by Gasteiger charge is -2.17. The monoisotopic (exact) mass is 297 g/mol. The quantitative estimate of drug-likeness (QED) is 0.834. The van der Waals surface area contributed by atoms with E-state index in [1.165, 1.54) is 6.92 Å². The Bertz CT molecular complexity index is 611. The highest BCUT2D eigenvalue weighted by Gasteiger charge is 2.23. The molecule has 0 saturated heterocycles. The number of carbonyl (C=O) groups is 2. The van der Waals surface area contributed by atoms with Crippen LogP contribution in [-0.2, 0) is 20.7 Å². The summed E-state index contributed by atoms with van der Waals surface area (Å²) in [6.07, 6.45) is -0.178. The Hall–Kier alpha value is -2.62. The fraction of sp³-hybridized carbons (Fsp3) is 0.222. The van der Waals surface area contributed by atoms with Gasteiger partial charge in [0.2, 0.25) is 6.10 Å². The number of benzene rings is 2. The van der Waals surface area contributed by atoms with Crippen LogP contribution in [-0.4, -0.2) is 18.4 Å². The maximum Gasteiger partial charge on any atom is 0.303 e. The zero-order valence-corrected chi connectivity index (χ0v) is 12.5. The summed E-state index contributed by atoms with van der Waals surface area (Å²) in [6, 6.07) is 18.9. The molecule has 114 valence electrons. The van der Waals surface area contributed by atoms with E-state index in [9.17, 15) is 9.59 Å². The molecule has 0 heterocycles. The zero-order chi connectivity index (χ0) is 15.8. The van der Waals surface area contributed by atoms with E-state index in [1.54, 1.807) is 12.1 Å². The van der Waals surface area contributed by atoms with E-state index >= 15 is 0 Å². The highest BCUT2D eigenvalue weighted by atomic mass is 16.5. The van der Waals surface area contributed by atoms with Crippen LogP contribution in [0.4, 0.5) is 0 Å². The Morgan fingerprint density at radius 2 is 1.59 bits per heavy atom.